The Bertz CT molecular complexity index is 358. The Balaban J connectivity index is 2.07. The first kappa shape index (κ1) is 13.9. The number of aromatic nitrogens is 2. The summed E-state index contributed by atoms with van der Waals surface area (Å²) in [4.78, 5) is 1.38. The molecule has 0 bridgehead atoms. The fourth-order valence-electron chi connectivity index (χ4n) is 2.51. The molecule has 18 heavy (non-hydrogen) atoms. The molecule has 1 aliphatic rings. The third-order valence-corrected chi connectivity index (χ3v) is 4.69. The third kappa shape index (κ3) is 3.29. The summed E-state index contributed by atoms with van der Waals surface area (Å²) < 4.78 is 4.18. The van der Waals surface area contributed by atoms with Gasteiger partial charge in [-0.05, 0) is 42.8 Å². The van der Waals surface area contributed by atoms with Crippen molar-refractivity contribution < 1.29 is 0 Å². The van der Waals surface area contributed by atoms with E-state index in [1.165, 1.54) is 42.7 Å². The molecule has 4 heteroatoms. The Morgan fingerprint density at radius 3 is 2.72 bits per heavy atom. The van der Waals surface area contributed by atoms with E-state index >= 15 is 0 Å². The van der Waals surface area contributed by atoms with Crippen LogP contribution in [0.3, 0.4) is 0 Å². The van der Waals surface area contributed by atoms with Gasteiger partial charge in [0.2, 0.25) is 0 Å². The summed E-state index contributed by atoms with van der Waals surface area (Å²) in [6.45, 7) is 7.73. The summed E-state index contributed by atoms with van der Waals surface area (Å²) in [5.74, 6) is 1.40. The summed E-state index contributed by atoms with van der Waals surface area (Å²) in [6.07, 6.45) is 6.69. The molecule has 1 aliphatic carbocycles. The molecule has 1 unspecified atom stereocenters. The zero-order valence-electron chi connectivity index (χ0n) is 11.8. The van der Waals surface area contributed by atoms with E-state index in [-0.39, 0.29) is 0 Å². The topological polar surface area (TPSA) is 37.8 Å². The highest BCUT2D eigenvalue weighted by atomic mass is 32.1. The van der Waals surface area contributed by atoms with Crippen molar-refractivity contribution in [2.75, 3.05) is 6.54 Å². The van der Waals surface area contributed by atoms with Gasteiger partial charge in [0.25, 0.3) is 0 Å². The lowest BCUT2D eigenvalue weighted by Gasteiger charge is -2.30. The molecule has 1 heterocycles. The van der Waals surface area contributed by atoms with Gasteiger partial charge >= 0.3 is 0 Å². The monoisotopic (exact) mass is 267 g/mol. The molecular formula is C14H25N3S. The van der Waals surface area contributed by atoms with E-state index in [0.717, 1.165) is 12.5 Å². The Morgan fingerprint density at radius 1 is 1.39 bits per heavy atom. The molecule has 0 spiro atoms. The minimum Gasteiger partial charge on any atom is -0.309 e. The standard InChI is InChI=1S/C14H25N3S/c1-4-8-15-12(9-11-6-5-7-11)14-13(10(2)3)16-17-18-14/h10-12,15H,4-9H2,1-3H3. The zero-order chi connectivity index (χ0) is 13.0. The Hall–Kier alpha value is -0.480. The Morgan fingerprint density at radius 2 is 2.17 bits per heavy atom. The third-order valence-electron chi connectivity index (χ3n) is 3.84. The summed E-state index contributed by atoms with van der Waals surface area (Å²) in [7, 11) is 0. The minimum atomic E-state index is 0.478. The lowest BCUT2D eigenvalue weighted by molar-refractivity contribution is 0.262. The van der Waals surface area contributed by atoms with Gasteiger partial charge in [0.15, 0.2) is 0 Å². The van der Waals surface area contributed by atoms with E-state index < -0.39 is 0 Å². The molecule has 0 aromatic carbocycles. The molecular weight excluding hydrogens is 242 g/mol. The normalized spacial score (nSPS) is 18.0. The van der Waals surface area contributed by atoms with Crippen LogP contribution < -0.4 is 5.32 Å². The lowest BCUT2D eigenvalue weighted by Crippen LogP contribution is -2.27. The fraction of sp³-hybridized carbons (Fsp3) is 0.857. The second-order valence-corrected chi connectivity index (χ2v) is 6.50. The summed E-state index contributed by atoms with van der Waals surface area (Å²) >= 11 is 1.59. The van der Waals surface area contributed by atoms with Crippen LogP contribution in [0.1, 0.15) is 75.4 Å². The van der Waals surface area contributed by atoms with E-state index in [9.17, 15) is 0 Å². The van der Waals surface area contributed by atoms with Gasteiger partial charge in [0, 0.05) is 6.04 Å². The van der Waals surface area contributed by atoms with Crippen molar-refractivity contribution in [3.63, 3.8) is 0 Å². The van der Waals surface area contributed by atoms with Crippen LogP contribution in [0.25, 0.3) is 0 Å². The molecule has 1 fully saturated rings. The highest BCUT2D eigenvalue weighted by Crippen LogP contribution is 2.37. The fourth-order valence-corrected chi connectivity index (χ4v) is 3.40. The number of nitrogens with zero attached hydrogens (tertiary/aromatic N) is 2. The second kappa shape index (κ2) is 6.62. The first-order valence-electron chi connectivity index (χ1n) is 7.27. The van der Waals surface area contributed by atoms with E-state index in [1.54, 1.807) is 11.5 Å². The van der Waals surface area contributed by atoms with Crippen molar-refractivity contribution in [3.05, 3.63) is 10.6 Å². The highest BCUT2D eigenvalue weighted by Gasteiger charge is 2.26. The Kier molecular flexibility index (Phi) is 5.13. The number of nitrogens with one attached hydrogen (secondary N) is 1. The maximum atomic E-state index is 4.32. The average Bonchev–Trinajstić information content (AvgIpc) is 2.76. The molecule has 1 aromatic heterocycles. The van der Waals surface area contributed by atoms with Gasteiger partial charge < -0.3 is 5.32 Å². The maximum absolute atomic E-state index is 4.32. The summed E-state index contributed by atoms with van der Waals surface area (Å²) in [6, 6.07) is 0.479. The van der Waals surface area contributed by atoms with Crippen LogP contribution in [-0.2, 0) is 0 Å². The van der Waals surface area contributed by atoms with E-state index in [0.29, 0.717) is 12.0 Å². The zero-order valence-corrected chi connectivity index (χ0v) is 12.6. The van der Waals surface area contributed by atoms with Gasteiger partial charge in [-0.15, -0.1) is 5.10 Å². The van der Waals surface area contributed by atoms with Crippen molar-refractivity contribution in [2.45, 2.75) is 64.8 Å². The van der Waals surface area contributed by atoms with Gasteiger partial charge in [0.05, 0.1) is 10.6 Å². The van der Waals surface area contributed by atoms with Crippen molar-refractivity contribution >= 4 is 11.5 Å². The van der Waals surface area contributed by atoms with E-state index in [2.05, 4.69) is 35.7 Å². The van der Waals surface area contributed by atoms with Crippen LogP contribution in [0, 0.1) is 5.92 Å². The molecule has 2 rings (SSSR count). The molecule has 0 saturated heterocycles. The smallest absolute Gasteiger partial charge is 0.0829 e. The SMILES string of the molecule is CCCNC(CC1CCC1)c1snnc1C(C)C. The van der Waals surface area contributed by atoms with Crippen LogP contribution in [0.2, 0.25) is 0 Å². The van der Waals surface area contributed by atoms with Crippen LogP contribution in [-0.4, -0.2) is 16.1 Å². The van der Waals surface area contributed by atoms with Crippen LogP contribution >= 0.6 is 11.5 Å². The molecule has 0 amide bonds. The average molecular weight is 267 g/mol. The van der Waals surface area contributed by atoms with Crippen LogP contribution in [0.4, 0.5) is 0 Å². The van der Waals surface area contributed by atoms with Crippen molar-refractivity contribution in [1.29, 1.82) is 0 Å². The van der Waals surface area contributed by atoms with E-state index in [1.807, 2.05) is 0 Å². The van der Waals surface area contributed by atoms with Gasteiger partial charge in [-0.25, -0.2) is 0 Å². The molecule has 102 valence electrons. The summed E-state index contributed by atoms with van der Waals surface area (Å²) in [5, 5.41) is 8.02. The maximum Gasteiger partial charge on any atom is 0.0829 e. The molecule has 0 radical (unpaired) electrons. The largest absolute Gasteiger partial charge is 0.309 e. The second-order valence-electron chi connectivity index (χ2n) is 5.72. The molecule has 0 aliphatic heterocycles. The van der Waals surface area contributed by atoms with Crippen molar-refractivity contribution in [3.8, 4) is 0 Å². The first-order chi connectivity index (χ1) is 8.72. The first-order valence-corrected chi connectivity index (χ1v) is 8.05. The van der Waals surface area contributed by atoms with Gasteiger partial charge in [-0.2, -0.15) is 0 Å². The van der Waals surface area contributed by atoms with E-state index in [4.69, 9.17) is 0 Å². The highest BCUT2D eigenvalue weighted by molar-refractivity contribution is 7.05. The van der Waals surface area contributed by atoms with Crippen molar-refractivity contribution in [2.24, 2.45) is 5.92 Å². The van der Waals surface area contributed by atoms with Crippen molar-refractivity contribution in [1.82, 2.24) is 14.9 Å². The molecule has 1 saturated carbocycles. The van der Waals surface area contributed by atoms with Crippen LogP contribution in [0.5, 0.6) is 0 Å². The molecule has 1 N–H and O–H groups in total. The predicted molar refractivity (Wildman–Crippen MR) is 77.0 cm³/mol. The number of rotatable bonds is 7. The molecule has 1 aromatic rings. The molecule has 1 atom stereocenters. The number of hydrogen-bond acceptors (Lipinski definition) is 4. The minimum absolute atomic E-state index is 0.478. The van der Waals surface area contributed by atoms with Gasteiger partial charge in [0.1, 0.15) is 0 Å². The predicted octanol–water partition coefficient (Wildman–Crippen LogP) is 3.89. The lowest BCUT2D eigenvalue weighted by atomic mass is 9.80. The summed E-state index contributed by atoms with van der Waals surface area (Å²) in [5.41, 5.74) is 1.20. The Labute approximate surface area is 115 Å². The van der Waals surface area contributed by atoms with Gasteiger partial charge in [-0.1, -0.05) is 44.5 Å². The number of hydrogen-bond donors (Lipinski definition) is 1. The van der Waals surface area contributed by atoms with Crippen LogP contribution in [0.15, 0.2) is 0 Å². The molecule has 3 nitrogen and oxygen atoms in total. The van der Waals surface area contributed by atoms with Gasteiger partial charge in [-0.3, -0.25) is 0 Å². The quantitative estimate of drug-likeness (QED) is 0.814.